The van der Waals surface area contributed by atoms with Crippen LogP contribution in [-0.4, -0.2) is 41.0 Å². The Balaban J connectivity index is 1.78. The molecule has 3 heterocycles. The number of aliphatic hydroxyl groups is 1. The Morgan fingerprint density at radius 1 is 1.26 bits per heavy atom. The van der Waals surface area contributed by atoms with Crippen LogP contribution >= 0.6 is 11.3 Å². The topological polar surface area (TPSA) is 66.8 Å². The number of thiophene rings is 1. The van der Waals surface area contributed by atoms with E-state index >= 15 is 0 Å². The number of rotatable bonds is 4. The second-order valence-corrected chi connectivity index (χ2v) is 7.95. The summed E-state index contributed by atoms with van der Waals surface area (Å²) in [5.41, 5.74) is 1.75. The molecule has 2 aromatic rings. The van der Waals surface area contributed by atoms with Gasteiger partial charge in [-0.05, 0) is 31.2 Å². The molecule has 0 bridgehead atoms. The summed E-state index contributed by atoms with van der Waals surface area (Å²) in [4.78, 5) is 28.0. The van der Waals surface area contributed by atoms with Crippen molar-refractivity contribution in [3.63, 3.8) is 0 Å². The first kappa shape index (κ1) is 17.9. The third-order valence-corrected chi connectivity index (χ3v) is 6.03. The van der Waals surface area contributed by atoms with E-state index in [-0.39, 0.29) is 17.4 Å². The zero-order valence-corrected chi connectivity index (χ0v) is 15.9. The number of benzene rings is 1. The monoisotopic (exact) mass is 383 g/mol. The lowest BCUT2D eigenvalue weighted by Gasteiger charge is -2.26. The molecule has 2 aliphatic rings. The summed E-state index contributed by atoms with van der Waals surface area (Å²) < 4.78 is 5.68. The van der Waals surface area contributed by atoms with Crippen LogP contribution < -0.4 is 0 Å². The van der Waals surface area contributed by atoms with Crippen LogP contribution in [0.15, 0.2) is 47.4 Å². The van der Waals surface area contributed by atoms with Crippen LogP contribution in [0.2, 0.25) is 0 Å². The largest absolute Gasteiger partial charge is 0.507 e. The average molecular weight is 383 g/mol. The van der Waals surface area contributed by atoms with Gasteiger partial charge in [-0.2, -0.15) is 0 Å². The predicted molar refractivity (Wildman–Crippen MR) is 103 cm³/mol. The van der Waals surface area contributed by atoms with Crippen LogP contribution in [0.1, 0.15) is 34.9 Å². The zero-order chi connectivity index (χ0) is 19.0. The van der Waals surface area contributed by atoms with Gasteiger partial charge < -0.3 is 14.7 Å². The minimum Gasteiger partial charge on any atom is -0.507 e. The molecule has 2 aliphatic heterocycles. The van der Waals surface area contributed by atoms with Crippen molar-refractivity contribution < 1.29 is 19.4 Å². The number of Topliss-reactive ketones (excluding diaryl/α,β-unsaturated/α-hetero) is 1. The summed E-state index contributed by atoms with van der Waals surface area (Å²) in [6, 6.07) is 10.5. The summed E-state index contributed by atoms with van der Waals surface area (Å²) in [6.07, 6.45) is 1.77. The van der Waals surface area contributed by atoms with Gasteiger partial charge in [0.15, 0.2) is 0 Å². The number of aliphatic hydroxyl groups excluding tert-OH is 1. The van der Waals surface area contributed by atoms with Gasteiger partial charge in [-0.1, -0.05) is 35.9 Å². The zero-order valence-electron chi connectivity index (χ0n) is 15.1. The minimum absolute atomic E-state index is 0.0647. The summed E-state index contributed by atoms with van der Waals surface area (Å²) in [5, 5.41) is 12.8. The molecule has 0 spiro atoms. The molecule has 0 radical (unpaired) electrons. The van der Waals surface area contributed by atoms with Gasteiger partial charge in [0, 0.05) is 23.6 Å². The van der Waals surface area contributed by atoms with Gasteiger partial charge in [0.2, 0.25) is 0 Å². The van der Waals surface area contributed by atoms with Crippen molar-refractivity contribution >= 4 is 28.8 Å². The van der Waals surface area contributed by atoms with E-state index in [4.69, 9.17) is 4.74 Å². The quantitative estimate of drug-likeness (QED) is 0.497. The normalized spacial score (nSPS) is 24.7. The van der Waals surface area contributed by atoms with E-state index in [2.05, 4.69) is 0 Å². The molecule has 1 aromatic carbocycles. The van der Waals surface area contributed by atoms with E-state index in [0.29, 0.717) is 18.7 Å². The Labute approximate surface area is 161 Å². The molecule has 6 heteroatoms. The Hall–Kier alpha value is -2.44. The van der Waals surface area contributed by atoms with Crippen LogP contribution in [0.25, 0.3) is 5.76 Å². The lowest BCUT2D eigenvalue weighted by atomic mass is 9.99. The van der Waals surface area contributed by atoms with Crippen LogP contribution in [0.4, 0.5) is 0 Å². The molecule has 1 amide bonds. The van der Waals surface area contributed by atoms with Crippen molar-refractivity contribution in [2.75, 3.05) is 13.2 Å². The second-order valence-electron chi connectivity index (χ2n) is 6.97. The number of aryl methyl sites for hydroxylation is 1. The number of amides is 1. The van der Waals surface area contributed by atoms with Crippen molar-refractivity contribution in [2.45, 2.75) is 31.9 Å². The van der Waals surface area contributed by atoms with Gasteiger partial charge in [-0.3, -0.25) is 9.59 Å². The third kappa shape index (κ3) is 3.31. The predicted octanol–water partition coefficient (Wildman–Crippen LogP) is 3.66. The van der Waals surface area contributed by atoms with Crippen molar-refractivity contribution in [3.8, 4) is 0 Å². The SMILES string of the molecule is Cc1ccc(/C(O)=C2\C(=O)C(=O)N(CC3CCCO3)C2c2cccs2)cc1. The number of carbonyl (C=O) groups is 2. The first-order chi connectivity index (χ1) is 13.1. The molecule has 5 nitrogen and oxygen atoms in total. The van der Waals surface area contributed by atoms with Crippen molar-refractivity contribution in [3.05, 3.63) is 63.4 Å². The van der Waals surface area contributed by atoms with Gasteiger partial charge in [0.1, 0.15) is 5.76 Å². The van der Waals surface area contributed by atoms with Crippen molar-refractivity contribution in [1.82, 2.24) is 4.90 Å². The Morgan fingerprint density at radius 3 is 2.67 bits per heavy atom. The minimum atomic E-state index is -0.635. The molecule has 1 N–H and O–H groups in total. The van der Waals surface area contributed by atoms with E-state index in [1.54, 1.807) is 17.0 Å². The van der Waals surface area contributed by atoms with E-state index in [9.17, 15) is 14.7 Å². The lowest BCUT2D eigenvalue weighted by Crippen LogP contribution is -2.36. The van der Waals surface area contributed by atoms with Crippen LogP contribution in [0.3, 0.4) is 0 Å². The van der Waals surface area contributed by atoms with Gasteiger partial charge in [0.25, 0.3) is 11.7 Å². The summed E-state index contributed by atoms with van der Waals surface area (Å²) in [7, 11) is 0. The van der Waals surface area contributed by atoms with Crippen molar-refractivity contribution in [1.29, 1.82) is 0 Å². The highest BCUT2D eigenvalue weighted by atomic mass is 32.1. The number of ether oxygens (including phenoxy) is 1. The smallest absolute Gasteiger partial charge is 0.295 e. The summed E-state index contributed by atoms with van der Waals surface area (Å²) in [5.74, 6) is -1.33. The maximum absolute atomic E-state index is 12.8. The fraction of sp³-hybridized carbons (Fsp3) is 0.333. The van der Waals surface area contributed by atoms with Gasteiger partial charge in [-0.15, -0.1) is 11.3 Å². The number of hydrogen-bond donors (Lipinski definition) is 1. The fourth-order valence-electron chi connectivity index (χ4n) is 3.69. The molecular weight excluding hydrogens is 362 g/mol. The molecule has 2 saturated heterocycles. The molecule has 2 atom stereocenters. The summed E-state index contributed by atoms with van der Waals surface area (Å²) in [6.45, 7) is 3.00. The van der Waals surface area contributed by atoms with Crippen LogP contribution in [-0.2, 0) is 14.3 Å². The first-order valence-electron chi connectivity index (χ1n) is 9.06. The maximum atomic E-state index is 12.8. The lowest BCUT2D eigenvalue weighted by molar-refractivity contribution is -0.140. The molecule has 140 valence electrons. The Bertz CT molecular complexity index is 879. The van der Waals surface area contributed by atoms with Crippen LogP contribution in [0.5, 0.6) is 0 Å². The van der Waals surface area contributed by atoms with E-state index < -0.39 is 17.7 Å². The molecular formula is C21H21NO4S. The molecule has 0 saturated carbocycles. The van der Waals surface area contributed by atoms with E-state index in [1.165, 1.54) is 11.3 Å². The highest BCUT2D eigenvalue weighted by Gasteiger charge is 2.47. The Kier molecular flexibility index (Phi) is 4.85. The first-order valence-corrected chi connectivity index (χ1v) is 9.94. The Morgan fingerprint density at radius 2 is 2.04 bits per heavy atom. The summed E-state index contributed by atoms with van der Waals surface area (Å²) >= 11 is 1.47. The van der Waals surface area contributed by atoms with Crippen molar-refractivity contribution in [2.24, 2.45) is 0 Å². The second kappa shape index (κ2) is 7.29. The number of hydrogen-bond acceptors (Lipinski definition) is 5. The van der Waals surface area contributed by atoms with Crippen LogP contribution in [0, 0.1) is 6.92 Å². The van der Waals surface area contributed by atoms with Gasteiger partial charge in [0.05, 0.1) is 17.7 Å². The van der Waals surface area contributed by atoms with E-state index in [1.807, 2.05) is 36.6 Å². The highest BCUT2D eigenvalue weighted by molar-refractivity contribution is 7.10. The molecule has 0 aliphatic carbocycles. The third-order valence-electron chi connectivity index (χ3n) is 5.10. The average Bonchev–Trinajstić information content (AvgIpc) is 3.40. The van der Waals surface area contributed by atoms with E-state index in [0.717, 1.165) is 23.3 Å². The highest BCUT2D eigenvalue weighted by Crippen LogP contribution is 2.41. The molecule has 1 aromatic heterocycles. The standard InChI is InChI=1S/C21H21NO4S/c1-13-6-8-14(9-7-13)19(23)17-18(16-5-3-11-27-16)22(21(25)20(17)24)12-15-4-2-10-26-15/h3,5-9,11,15,18,23H,2,4,10,12H2,1H3/b19-17+. The molecule has 2 unspecified atom stereocenters. The fourth-order valence-corrected chi connectivity index (χ4v) is 4.53. The van der Waals surface area contributed by atoms with Gasteiger partial charge in [-0.25, -0.2) is 0 Å². The molecule has 4 rings (SSSR count). The number of carbonyl (C=O) groups excluding carboxylic acids is 2. The number of ketones is 1. The number of likely N-dealkylation sites (tertiary alicyclic amines) is 1. The van der Waals surface area contributed by atoms with Gasteiger partial charge >= 0.3 is 0 Å². The number of nitrogens with zero attached hydrogens (tertiary/aromatic N) is 1. The molecule has 2 fully saturated rings. The maximum Gasteiger partial charge on any atom is 0.295 e. The molecule has 27 heavy (non-hydrogen) atoms.